The summed E-state index contributed by atoms with van der Waals surface area (Å²) in [5.41, 5.74) is 8.24. The van der Waals surface area contributed by atoms with Crippen molar-refractivity contribution in [3.63, 3.8) is 0 Å². The molecule has 0 aromatic rings. The highest BCUT2D eigenvalue weighted by atomic mass is 16.4. The molecular formula is C6H13N3O2. The highest BCUT2D eigenvalue weighted by molar-refractivity contribution is 5.74. The van der Waals surface area contributed by atoms with Crippen LogP contribution in [0.2, 0.25) is 0 Å². The van der Waals surface area contributed by atoms with Crippen LogP contribution in [0.1, 0.15) is 20.8 Å². The molecule has 64 valence electrons. The van der Waals surface area contributed by atoms with E-state index in [1.807, 2.05) is 0 Å². The summed E-state index contributed by atoms with van der Waals surface area (Å²) in [7, 11) is 0. The van der Waals surface area contributed by atoms with Crippen LogP contribution in [0.15, 0.2) is 5.22 Å². The molecule has 1 atom stereocenters. The first kappa shape index (κ1) is 9.87. The number of nitrogens with one attached hydrogen (secondary N) is 2. The molecule has 1 unspecified atom stereocenters. The van der Waals surface area contributed by atoms with Gasteiger partial charge in [0.15, 0.2) is 0 Å². The van der Waals surface area contributed by atoms with Gasteiger partial charge in [-0.1, -0.05) is 26.0 Å². The molecule has 0 heterocycles. The topological polar surface area (TPSA) is 85.5 Å². The molecule has 0 saturated heterocycles. The van der Waals surface area contributed by atoms with Crippen LogP contribution in [-0.4, -0.2) is 17.1 Å². The first-order valence-electron chi connectivity index (χ1n) is 3.24. The zero-order valence-corrected chi connectivity index (χ0v) is 6.88. The van der Waals surface area contributed by atoms with Crippen LogP contribution in [-0.2, 0) is 4.79 Å². The normalized spacial score (nSPS) is 13.7. The number of carboxylic acid groups (broad SMARTS) is 1. The summed E-state index contributed by atoms with van der Waals surface area (Å²) in [6.07, 6.45) is 0. The van der Waals surface area contributed by atoms with Gasteiger partial charge < -0.3 is 5.11 Å². The van der Waals surface area contributed by atoms with Gasteiger partial charge in [0.05, 0.1) is 0 Å². The average Bonchev–Trinajstić information content (AvgIpc) is 1.79. The molecule has 0 radical (unpaired) electrons. The minimum absolute atomic E-state index is 0.434. The maximum atomic E-state index is 10.5. The van der Waals surface area contributed by atoms with Crippen molar-refractivity contribution < 1.29 is 9.90 Å². The van der Waals surface area contributed by atoms with Crippen molar-refractivity contribution in [2.45, 2.75) is 26.8 Å². The molecule has 0 aliphatic heterocycles. The second kappa shape index (κ2) is 3.32. The lowest BCUT2D eigenvalue weighted by molar-refractivity contribution is -0.142. The summed E-state index contributed by atoms with van der Waals surface area (Å²) in [5.74, 6) is -0.992. The third-order valence-corrected chi connectivity index (χ3v) is 1.31. The van der Waals surface area contributed by atoms with Gasteiger partial charge in [-0.3, -0.25) is 5.43 Å². The quantitative estimate of drug-likeness (QED) is 0.424. The maximum absolute atomic E-state index is 10.5. The first-order valence-corrected chi connectivity index (χ1v) is 3.24. The predicted molar refractivity (Wildman–Crippen MR) is 39.2 cm³/mol. The van der Waals surface area contributed by atoms with Crippen molar-refractivity contribution in [3.8, 4) is 0 Å². The van der Waals surface area contributed by atoms with Gasteiger partial charge in [0, 0.05) is 0 Å². The Balaban J connectivity index is 4.34. The molecule has 5 heteroatoms. The third-order valence-electron chi connectivity index (χ3n) is 1.31. The Hall–Kier alpha value is -1.13. The Morgan fingerprint density at radius 3 is 2.18 bits per heavy atom. The van der Waals surface area contributed by atoms with Gasteiger partial charge in [-0.25, -0.2) is 4.79 Å². The van der Waals surface area contributed by atoms with Crippen LogP contribution in [0, 0.1) is 10.9 Å². The van der Waals surface area contributed by atoms with Crippen molar-refractivity contribution in [1.29, 1.82) is 5.53 Å². The molecule has 0 saturated carbocycles. The van der Waals surface area contributed by atoms with Gasteiger partial charge in [0.1, 0.15) is 6.04 Å². The lowest BCUT2D eigenvalue weighted by atomic mass is 9.87. The smallest absolute Gasteiger partial charge is 0.328 e. The molecule has 0 amide bonds. The minimum atomic E-state index is -0.992. The van der Waals surface area contributed by atoms with Gasteiger partial charge >= 0.3 is 5.97 Å². The van der Waals surface area contributed by atoms with E-state index in [9.17, 15) is 4.79 Å². The van der Waals surface area contributed by atoms with E-state index in [-0.39, 0.29) is 0 Å². The summed E-state index contributed by atoms with van der Waals surface area (Å²) in [6.45, 7) is 5.30. The van der Waals surface area contributed by atoms with E-state index in [1.165, 1.54) is 0 Å². The SMILES string of the molecule is CC(C)(C)C(NN=N)C(=O)O. The highest BCUT2D eigenvalue weighted by Crippen LogP contribution is 2.19. The van der Waals surface area contributed by atoms with Crippen molar-refractivity contribution in [2.75, 3.05) is 0 Å². The van der Waals surface area contributed by atoms with E-state index >= 15 is 0 Å². The number of carboxylic acids is 1. The predicted octanol–water partition coefficient (Wildman–Crippen LogP) is 1.02. The maximum Gasteiger partial charge on any atom is 0.328 e. The van der Waals surface area contributed by atoms with Gasteiger partial charge in [0.2, 0.25) is 0 Å². The van der Waals surface area contributed by atoms with Crippen molar-refractivity contribution >= 4 is 5.97 Å². The molecule has 0 aromatic carbocycles. The largest absolute Gasteiger partial charge is 0.480 e. The lowest BCUT2D eigenvalue weighted by Gasteiger charge is -2.25. The molecule has 0 aliphatic carbocycles. The van der Waals surface area contributed by atoms with Crippen LogP contribution in [0.4, 0.5) is 0 Å². The highest BCUT2D eigenvalue weighted by Gasteiger charge is 2.30. The Morgan fingerprint density at radius 2 is 2.09 bits per heavy atom. The molecule has 3 N–H and O–H groups in total. The molecule has 0 rings (SSSR count). The summed E-state index contributed by atoms with van der Waals surface area (Å²) < 4.78 is 0. The van der Waals surface area contributed by atoms with E-state index in [1.54, 1.807) is 20.8 Å². The number of nitrogens with zero attached hydrogens (tertiary/aromatic N) is 1. The number of hydrogen-bond acceptors (Lipinski definition) is 3. The fraction of sp³-hybridized carbons (Fsp3) is 0.833. The van der Waals surface area contributed by atoms with Gasteiger partial charge in [-0.15, -0.1) is 0 Å². The number of rotatable bonds is 3. The van der Waals surface area contributed by atoms with Crippen LogP contribution in [0.25, 0.3) is 0 Å². The zero-order valence-electron chi connectivity index (χ0n) is 6.88. The fourth-order valence-electron chi connectivity index (χ4n) is 0.684. The van der Waals surface area contributed by atoms with Gasteiger partial charge in [0.25, 0.3) is 0 Å². The Kier molecular flexibility index (Phi) is 2.98. The monoisotopic (exact) mass is 159 g/mol. The molecule has 5 nitrogen and oxygen atoms in total. The van der Waals surface area contributed by atoms with Crippen molar-refractivity contribution in [1.82, 2.24) is 5.43 Å². The molecular weight excluding hydrogens is 146 g/mol. The minimum Gasteiger partial charge on any atom is -0.480 e. The average molecular weight is 159 g/mol. The van der Waals surface area contributed by atoms with E-state index in [4.69, 9.17) is 10.6 Å². The Labute approximate surface area is 65.3 Å². The summed E-state index contributed by atoms with van der Waals surface area (Å²) in [4.78, 5) is 10.5. The number of hydrogen-bond donors (Lipinski definition) is 3. The lowest BCUT2D eigenvalue weighted by Crippen LogP contribution is -2.43. The fourth-order valence-corrected chi connectivity index (χ4v) is 0.684. The molecule has 0 aromatic heterocycles. The number of carbonyl (C=O) groups is 1. The standard InChI is InChI=1S/C6H13N3O2/c1-6(2,3)4(5(10)11)8-9-7/h4H,1-3H3,(H2,7,8)(H,10,11). The summed E-state index contributed by atoms with van der Waals surface area (Å²) in [5, 5.41) is 11.5. The molecule has 11 heavy (non-hydrogen) atoms. The number of aliphatic carboxylic acids is 1. The second-order valence-corrected chi connectivity index (χ2v) is 3.38. The summed E-state index contributed by atoms with van der Waals surface area (Å²) in [6, 6.07) is -0.806. The van der Waals surface area contributed by atoms with E-state index < -0.39 is 17.4 Å². The van der Waals surface area contributed by atoms with Gasteiger partial charge in [-0.2, -0.15) is 5.53 Å². The molecule has 0 aliphatic rings. The van der Waals surface area contributed by atoms with Crippen LogP contribution >= 0.6 is 0 Å². The Bertz CT molecular complexity index is 162. The zero-order chi connectivity index (χ0) is 9.07. The van der Waals surface area contributed by atoms with Crippen molar-refractivity contribution in [2.24, 2.45) is 10.6 Å². The molecule has 0 fully saturated rings. The Morgan fingerprint density at radius 1 is 1.64 bits per heavy atom. The van der Waals surface area contributed by atoms with E-state index in [0.29, 0.717) is 0 Å². The second-order valence-electron chi connectivity index (χ2n) is 3.38. The van der Waals surface area contributed by atoms with Crippen molar-refractivity contribution in [3.05, 3.63) is 0 Å². The first-order chi connectivity index (χ1) is 4.89. The third kappa shape index (κ3) is 2.97. The van der Waals surface area contributed by atoms with Crippen LogP contribution < -0.4 is 5.43 Å². The van der Waals surface area contributed by atoms with Gasteiger partial charge in [-0.05, 0) is 5.41 Å². The van der Waals surface area contributed by atoms with E-state index in [0.717, 1.165) is 0 Å². The summed E-state index contributed by atoms with van der Waals surface area (Å²) >= 11 is 0. The van der Waals surface area contributed by atoms with Crippen LogP contribution in [0.5, 0.6) is 0 Å². The van der Waals surface area contributed by atoms with E-state index in [2.05, 4.69) is 10.6 Å². The molecule has 0 spiro atoms. The molecule has 0 bridgehead atoms. The van der Waals surface area contributed by atoms with Crippen LogP contribution in [0.3, 0.4) is 0 Å².